The van der Waals surface area contributed by atoms with Crippen LogP contribution in [0.25, 0.3) is 75.8 Å². The van der Waals surface area contributed by atoms with Crippen LogP contribution in [-0.4, -0.2) is 10.6 Å². The van der Waals surface area contributed by atoms with Crippen LogP contribution in [0.1, 0.15) is 45.1 Å². The lowest BCUT2D eigenvalue weighted by atomic mass is 9.67. The molecule has 0 radical (unpaired) electrons. The number of nitrogens with zero attached hydrogens (tertiary/aromatic N) is 2. The van der Waals surface area contributed by atoms with Crippen LogP contribution in [0.3, 0.4) is 0 Å². The van der Waals surface area contributed by atoms with Gasteiger partial charge in [0.15, 0.2) is 0 Å². The van der Waals surface area contributed by atoms with Gasteiger partial charge in [-0.2, -0.15) is 0 Å². The maximum absolute atomic E-state index is 7.41. The fourth-order valence-corrected chi connectivity index (χ4v) is 13.3. The molecule has 304 valence electrons. The molecule has 2 aliphatic carbocycles. The van der Waals surface area contributed by atoms with E-state index in [0.29, 0.717) is 0 Å². The van der Waals surface area contributed by atoms with Gasteiger partial charge in [-0.25, -0.2) is 0 Å². The van der Waals surface area contributed by atoms with Gasteiger partial charge in [0.05, 0.1) is 33.8 Å². The zero-order valence-corrected chi connectivity index (χ0v) is 36.0. The molecule has 3 aliphatic rings. The number of rotatable bonds is 4. The monoisotopic (exact) mass is 846 g/mol. The van der Waals surface area contributed by atoms with Crippen molar-refractivity contribution in [3.63, 3.8) is 0 Å². The molecule has 1 aliphatic heterocycles. The Hall–Kier alpha value is -7.92. The van der Waals surface area contributed by atoms with Gasteiger partial charge in [0.2, 0.25) is 0 Å². The number of hydrogen-bond donors (Lipinski definition) is 0. The van der Waals surface area contributed by atoms with Crippen molar-refractivity contribution in [2.75, 3.05) is 4.90 Å². The van der Waals surface area contributed by atoms with Crippen molar-refractivity contribution in [2.24, 2.45) is 0 Å². The van der Waals surface area contributed by atoms with Crippen molar-refractivity contribution < 1.29 is 4.42 Å². The summed E-state index contributed by atoms with van der Waals surface area (Å²) in [6.07, 6.45) is 4.75. The molecule has 0 saturated heterocycles. The van der Waals surface area contributed by atoms with E-state index >= 15 is 0 Å². The van der Waals surface area contributed by atoms with E-state index in [1.165, 1.54) is 81.4 Å². The Kier molecular flexibility index (Phi) is 7.15. The predicted molar refractivity (Wildman–Crippen MR) is 270 cm³/mol. The highest BCUT2D eigenvalue weighted by molar-refractivity contribution is 7.25. The minimum Gasteiger partial charge on any atom is -0.459 e. The van der Waals surface area contributed by atoms with E-state index in [1.54, 1.807) is 0 Å². The molecule has 3 aromatic heterocycles. The lowest BCUT2D eigenvalue weighted by molar-refractivity contribution is 0.507. The van der Waals surface area contributed by atoms with Gasteiger partial charge < -0.3 is 13.9 Å². The molecule has 2 atom stereocenters. The molecule has 12 aromatic rings. The quantitative estimate of drug-likeness (QED) is 0.176. The maximum Gasteiger partial charge on any atom is 0.144 e. The van der Waals surface area contributed by atoms with E-state index in [2.05, 4.69) is 228 Å². The minimum atomic E-state index is -0.492. The summed E-state index contributed by atoms with van der Waals surface area (Å²) in [6.45, 7) is 0. The summed E-state index contributed by atoms with van der Waals surface area (Å²) in [5.74, 6) is 1.08. The average Bonchev–Trinajstić information content (AvgIpc) is 4.17. The number of benzene rings is 9. The van der Waals surface area contributed by atoms with Gasteiger partial charge in [0, 0.05) is 53.6 Å². The molecule has 65 heavy (non-hydrogen) atoms. The molecule has 15 rings (SSSR count). The summed E-state index contributed by atoms with van der Waals surface area (Å²) in [5, 5.41) is 6.12. The summed E-state index contributed by atoms with van der Waals surface area (Å²) >= 11 is 1.87. The highest BCUT2D eigenvalue weighted by Crippen LogP contribution is 2.58. The first-order valence-electron chi connectivity index (χ1n) is 22.6. The first-order valence-corrected chi connectivity index (χ1v) is 23.4. The van der Waals surface area contributed by atoms with Crippen molar-refractivity contribution in [3.8, 4) is 16.8 Å². The number of furan rings is 1. The smallest absolute Gasteiger partial charge is 0.144 e. The van der Waals surface area contributed by atoms with Gasteiger partial charge >= 0.3 is 0 Å². The molecular weight excluding hydrogens is 809 g/mol. The highest BCUT2D eigenvalue weighted by atomic mass is 32.1. The Bertz CT molecular complexity index is 3940. The molecule has 0 saturated carbocycles. The second kappa shape index (κ2) is 13.1. The second-order valence-corrected chi connectivity index (χ2v) is 18.9. The van der Waals surface area contributed by atoms with E-state index in [9.17, 15) is 0 Å². The van der Waals surface area contributed by atoms with E-state index in [1.807, 2.05) is 11.3 Å². The number of thiophene rings is 1. The van der Waals surface area contributed by atoms with Crippen LogP contribution in [-0.2, 0) is 5.41 Å². The summed E-state index contributed by atoms with van der Waals surface area (Å²) in [4.78, 5) is 2.54. The first-order chi connectivity index (χ1) is 32.3. The van der Waals surface area contributed by atoms with Crippen molar-refractivity contribution in [3.05, 3.63) is 251 Å². The molecule has 4 heteroatoms. The molecule has 0 N–H and O–H groups in total. The van der Waals surface area contributed by atoms with Crippen LogP contribution in [0.5, 0.6) is 0 Å². The minimum absolute atomic E-state index is 0.0411. The van der Waals surface area contributed by atoms with Gasteiger partial charge in [-0.15, -0.1) is 11.3 Å². The molecule has 3 nitrogen and oxygen atoms in total. The maximum atomic E-state index is 7.41. The van der Waals surface area contributed by atoms with Crippen LogP contribution >= 0.6 is 11.3 Å². The van der Waals surface area contributed by atoms with Crippen LogP contribution in [0.2, 0.25) is 0 Å². The van der Waals surface area contributed by atoms with Gasteiger partial charge in [-0.05, 0) is 99.6 Å². The van der Waals surface area contributed by atoms with Gasteiger partial charge in [-0.3, -0.25) is 0 Å². The molecule has 2 unspecified atom stereocenters. The van der Waals surface area contributed by atoms with Gasteiger partial charge in [-0.1, -0.05) is 158 Å². The summed E-state index contributed by atoms with van der Waals surface area (Å²) in [7, 11) is 0. The van der Waals surface area contributed by atoms with Gasteiger partial charge in [0.1, 0.15) is 11.3 Å². The Morgan fingerprint density at radius 1 is 0.492 bits per heavy atom. The number of aromatic nitrogens is 1. The molecule has 0 fully saturated rings. The third kappa shape index (κ3) is 4.64. The Morgan fingerprint density at radius 3 is 2.05 bits per heavy atom. The fourth-order valence-electron chi connectivity index (χ4n) is 12.2. The van der Waals surface area contributed by atoms with Crippen LogP contribution in [0.15, 0.2) is 217 Å². The van der Waals surface area contributed by atoms with Crippen LogP contribution < -0.4 is 4.90 Å². The van der Waals surface area contributed by atoms with E-state index in [0.717, 1.165) is 38.8 Å². The number of para-hydroxylation sites is 2. The van der Waals surface area contributed by atoms with Crippen LogP contribution in [0.4, 0.5) is 11.4 Å². The first kappa shape index (κ1) is 35.5. The Morgan fingerprint density at radius 2 is 1.18 bits per heavy atom. The zero-order valence-electron chi connectivity index (χ0n) is 35.2. The third-order valence-electron chi connectivity index (χ3n) is 14.8. The summed E-state index contributed by atoms with van der Waals surface area (Å²) in [5.41, 5.74) is 16.5. The highest BCUT2D eigenvalue weighted by Gasteiger charge is 2.47. The molecule has 0 bridgehead atoms. The third-order valence-corrected chi connectivity index (χ3v) is 16.0. The average molecular weight is 847 g/mol. The fraction of sp³-hybridized carbons (Fsp3) is 0.0492. The number of hydrogen-bond acceptors (Lipinski definition) is 3. The lowest BCUT2D eigenvalue weighted by Gasteiger charge is -2.34. The van der Waals surface area contributed by atoms with E-state index < -0.39 is 5.41 Å². The van der Waals surface area contributed by atoms with Crippen LogP contribution in [0, 0.1) is 0 Å². The molecular formula is C61H38N2OS. The number of anilines is 2. The molecule has 0 amide bonds. The molecule has 9 aromatic carbocycles. The topological polar surface area (TPSA) is 21.3 Å². The lowest BCUT2D eigenvalue weighted by Crippen LogP contribution is -2.30. The van der Waals surface area contributed by atoms with Crippen molar-refractivity contribution in [1.82, 2.24) is 4.57 Å². The Balaban J connectivity index is 0.928. The van der Waals surface area contributed by atoms with Gasteiger partial charge in [0.25, 0.3) is 0 Å². The standard InChI is InChI=1S/C61H38N2OS/c1-3-15-37(16-4-1)61(38-17-5-2-6-18-38)49-23-11-7-19-41(49)42-29-27-40(36-50(42)61)63-52-25-13-9-22-47(52)58-54(63)33-31-45-44-30-32-53-57(59(44)64-60(45)58)46-21-8-12-24-51(46)62(53)39-28-34-56-48(35-39)43-20-10-14-26-55(43)65-56/h1-36,53,57H. The summed E-state index contributed by atoms with van der Waals surface area (Å²) < 4.78 is 12.5. The Labute approximate surface area is 379 Å². The zero-order chi connectivity index (χ0) is 42.4. The molecule has 4 heterocycles. The largest absolute Gasteiger partial charge is 0.459 e. The predicted octanol–water partition coefficient (Wildman–Crippen LogP) is 15.9. The number of fused-ring (bicyclic) bond motifs is 17. The van der Waals surface area contributed by atoms with E-state index in [-0.39, 0.29) is 12.0 Å². The van der Waals surface area contributed by atoms with Crippen molar-refractivity contribution in [2.45, 2.75) is 17.4 Å². The van der Waals surface area contributed by atoms with E-state index in [4.69, 9.17) is 4.42 Å². The normalized spacial score (nSPS) is 16.6. The van der Waals surface area contributed by atoms with Crippen molar-refractivity contribution >= 4 is 81.7 Å². The summed E-state index contributed by atoms with van der Waals surface area (Å²) in [6, 6.07) is 76.6. The van der Waals surface area contributed by atoms with Crippen molar-refractivity contribution in [1.29, 1.82) is 0 Å². The molecule has 0 spiro atoms. The second-order valence-electron chi connectivity index (χ2n) is 17.9. The SMILES string of the molecule is C1=CC2C(c3ccccc3N2c2ccc3sc4ccccc4c3c2)c2oc3c(ccc4c3c3ccccc3n4-c3ccc4c(c3)C(c3ccccc3)(c3ccccc3)c3ccccc3-4)c21.